The van der Waals surface area contributed by atoms with Crippen LogP contribution in [0.5, 0.6) is 5.75 Å². The summed E-state index contributed by atoms with van der Waals surface area (Å²) in [5.41, 5.74) is 2.21. The van der Waals surface area contributed by atoms with Gasteiger partial charge in [0.05, 0.1) is 19.8 Å². The number of carbonyl (C=O) groups excluding carboxylic acids is 1. The number of benzene rings is 1. The summed E-state index contributed by atoms with van der Waals surface area (Å²) in [5.74, 6) is 0.594. The van der Waals surface area contributed by atoms with E-state index < -0.39 is 0 Å². The van der Waals surface area contributed by atoms with E-state index in [9.17, 15) is 4.79 Å². The molecule has 0 unspecified atom stereocenters. The van der Waals surface area contributed by atoms with Crippen LogP contribution in [0.15, 0.2) is 18.2 Å². The van der Waals surface area contributed by atoms with E-state index in [-0.39, 0.29) is 12.1 Å². The SMILES string of the molecule is COC(=O)CCc1ccc(OCC[C@@H](C)O)cc1C. The summed E-state index contributed by atoms with van der Waals surface area (Å²) in [6.45, 7) is 4.23. The Morgan fingerprint density at radius 3 is 2.74 bits per heavy atom. The Morgan fingerprint density at radius 1 is 1.42 bits per heavy atom. The first-order chi connectivity index (χ1) is 9.02. The molecule has 0 aliphatic carbocycles. The summed E-state index contributed by atoms with van der Waals surface area (Å²) in [6, 6.07) is 5.81. The van der Waals surface area contributed by atoms with Gasteiger partial charge in [-0.2, -0.15) is 0 Å². The van der Waals surface area contributed by atoms with Gasteiger partial charge in [0.1, 0.15) is 5.75 Å². The molecular weight excluding hydrogens is 244 g/mol. The average Bonchev–Trinajstić information content (AvgIpc) is 2.37. The van der Waals surface area contributed by atoms with Gasteiger partial charge in [-0.05, 0) is 43.5 Å². The smallest absolute Gasteiger partial charge is 0.305 e. The lowest BCUT2D eigenvalue weighted by atomic mass is 10.0. The highest BCUT2D eigenvalue weighted by Gasteiger charge is 2.05. The van der Waals surface area contributed by atoms with Crippen molar-refractivity contribution in [3.63, 3.8) is 0 Å². The van der Waals surface area contributed by atoms with Gasteiger partial charge < -0.3 is 14.6 Å². The highest BCUT2D eigenvalue weighted by atomic mass is 16.5. The van der Waals surface area contributed by atoms with Crippen molar-refractivity contribution in [3.05, 3.63) is 29.3 Å². The Kier molecular flexibility index (Phi) is 6.36. The zero-order valence-electron chi connectivity index (χ0n) is 11.8. The van der Waals surface area contributed by atoms with Crippen molar-refractivity contribution in [2.75, 3.05) is 13.7 Å². The third-order valence-electron chi connectivity index (χ3n) is 2.94. The average molecular weight is 266 g/mol. The number of rotatable bonds is 7. The van der Waals surface area contributed by atoms with Gasteiger partial charge in [-0.1, -0.05) is 6.07 Å². The zero-order chi connectivity index (χ0) is 14.3. The molecule has 106 valence electrons. The number of hydrogen-bond donors (Lipinski definition) is 1. The van der Waals surface area contributed by atoms with Gasteiger partial charge in [-0.3, -0.25) is 4.79 Å². The number of ether oxygens (including phenoxy) is 2. The largest absolute Gasteiger partial charge is 0.493 e. The highest BCUT2D eigenvalue weighted by Crippen LogP contribution is 2.19. The molecule has 1 rings (SSSR count). The third kappa shape index (κ3) is 5.75. The molecule has 1 aromatic carbocycles. The lowest BCUT2D eigenvalue weighted by molar-refractivity contribution is -0.140. The molecule has 4 nitrogen and oxygen atoms in total. The second-order valence-electron chi connectivity index (χ2n) is 4.65. The molecule has 0 aliphatic rings. The first-order valence-corrected chi connectivity index (χ1v) is 6.50. The van der Waals surface area contributed by atoms with Crippen LogP contribution in [0.1, 0.15) is 30.9 Å². The van der Waals surface area contributed by atoms with Crippen LogP contribution in [-0.4, -0.2) is 30.9 Å². The first kappa shape index (κ1) is 15.5. The molecule has 0 aliphatic heterocycles. The van der Waals surface area contributed by atoms with Crippen LogP contribution in [0, 0.1) is 6.92 Å². The van der Waals surface area contributed by atoms with Gasteiger partial charge in [0.15, 0.2) is 0 Å². The Morgan fingerprint density at radius 2 is 2.16 bits per heavy atom. The van der Waals surface area contributed by atoms with Crippen molar-refractivity contribution in [2.45, 2.75) is 39.2 Å². The van der Waals surface area contributed by atoms with Crippen molar-refractivity contribution >= 4 is 5.97 Å². The van der Waals surface area contributed by atoms with Crippen molar-refractivity contribution < 1.29 is 19.4 Å². The molecule has 19 heavy (non-hydrogen) atoms. The van der Waals surface area contributed by atoms with Crippen LogP contribution in [0.3, 0.4) is 0 Å². The molecule has 0 heterocycles. The number of aliphatic hydroxyl groups is 1. The number of esters is 1. The van der Waals surface area contributed by atoms with Crippen molar-refractivity contribution in [1.29, 1.82) is 0 Å². The number of aliphatic hydroxyl groups excluding tert-OH is 1. The molecule has 1 aromatic rings. The fourth-order valence-corrected chi connectivity index (χ4v) is 1.72. The normalized spacial score (nSPS) is 12.0. The molecule has 0 radical (unpaired) electrons. The van der Waals surface area contributed by atoms with Gasteiger partial charge in [0, 0.05) is 12.8 Å². The van der Waals surface area contributed by atoms with E-state index in [0.717, 1.165) is 16.9 Å². The Balaban J connectivity index is 2.51. The summed E-state index contributed by atoms with van der Waals surface area (Å²) in [4.78, 5) is 11.1. The predicted octanol–water partition coefficient (Wildman–Crippen LogP) is 2.25. The van der Waals surface area contributed by atoms with E-state index in [1.807, 2.05) is 25.1 Å². The monoisotopic (exact) mass is 266 g/mol. The van der Waals surface area contributed by atoms with E-state index in [1.165, 1.54) is 7.11 Å². The second kappa shape index (κ2) is 7.79. The van der Waals surface area contributed by atoms with Crippen molar-refractivity contribution in [3.8, 4) is 5.75 Å². The minimum absolute atomic E-state index is 0.198. The molecule has 0 bridgehead atoms. The Hall–Kier alpha value is -1.55. The van der Waals surface area contributed by atoms with Crippen LogP contribution in [0.4, 0.5) is 0 Å². The number of methoxy groups -OCH3 is 1. The maximum Gasteiger partial charge on any atom is 0.305 e. The molecule has 0 fully saturated rings. The Bertz CT molecular complexity index is 413. The summed E-state index contributed by atoms with van der Waals surface area (Å²) in [6.07, 6.45) is 1.33. The minimum Gasteiger partial charge on any atom is -0.493 e. The molecule has 0 spiro atoms. The molecule has 1 atom stereocenters. The number of aryl methyl sites for hydroxylation is 2. The van der Waals surface area contributed by atoms with Crippen LogP contribution in [0.2, 0.25) is 0 Å². The van der Waals surface area contributed by atoms with Crippen LogP contribution >= 0.6 is 0 Å². The minimum atomic E-state index is -0.347. The number of hydrogen-bond acceptors (Lipinski definition) is 4. The lowest BCUT2D eigenvalue weighted by Crippen LogP contribution is -2.07. The van der Waals surface area contributed by atoms with Gasteiger partial charge in [0.25, 0.3) is 0 Å². The predicted molar refractivity (Wildman–Crippen MR) is 73.3 cm³/mol. The summed E-state index contributed by atoms with van der Waals surface area (Å²) < 4.78 is 10.2. The number of carbonyl (C=O) groups is 1. The summed E-state index contributed by atoms with van der Waals surface area (Å²) in [5, 5.41) is 9.15. The van der Waals surface area contributed by atoms with Crippen LogP contribution in [0.25, 0.3) is 0 Å². The maximum atomic E-state index is 11.1. The molecule has 0 saturated carbocycles. The fraction of sp³-hybridized carbons (Fsp3) is 0.533. The molecule has 0 amide bonds. The Labute approximate surface area is 114 Å². The second-order valence-corrected chi connectivity index (χ2v) is 4.65. The standard InChI is InChI=1S/C15H22O4/c1-11-10-14(19-9-8-12(2)16)6-4-13(11)5-7-15(17)18-3/h4,6,10,12,16H,5,7-9H2,1-3H3/t12-/m1/s1. The molecule has 4 heteroatoms. The van der Waals surface area contributed by atoms with E-state index in [4.69, 9.17) is 9.84 Å². The van der Waals surface area contributed by atoms with Crippen molar-refractivity contribution in [1.82, 2.24) is 0 Å². The van der Waals surface area contributed by atoms with E-state index in [2.05, 4.69) is 4.74 Å². The topological polar surface area (TPSA) is 55.8 Å². The molecule has 1 N–H and O–H groups in total. The molecule has 0 saturated heterocycles. The maximum absolute atomic E-state index is 11.1. The third-order valence-corrected chi connectivity index (χ3v) is 2.94. The quantitative estimate of drug-likeness (QED) is 0.769. The van der Waals surface area contributed by atoms with Gasteiger partial charge in [-0.25, -0.2) is 0 Å². The van der Waals surface area contributed by atoms with Gasteiger partial charge >= 0.3 is 5.97 Å². The van der Waals surface area contributed by atoms with Crippen molar-refractivity contribution in [2.24, 2.45) is 0 Å². The summed E-state index contributed by atoms with van der Waals surface area (Å²) >= 11 is 0. The lowest BCUT2D eigenvalue weighted by Gasteiger charge is -2.10. The molecule has 0 aromatic heterocycles. The van der Waals surface area contributed by atoms with Crippen LogP contribution < -0.4 is 4.74 Å². The fourth-order valence-electron chi connectivity index (χ4n) is 1.72. The van der Waals surface area contributed by atoms with Gasteiger partial charge in [-0.15, -0.1) is 0 Å². The zero-order valence-corrected chi connectivity index (χ0v) is 11.8. The van der Waals surface area contributed by atoms with E-state index in [0.29, 0.717) is 25.9 Å². The molecular formula is C15H22O4. The highest BCUT2D eigenvalue weighted by molar-refractivity contribution is 5.69. The van der Waals surface area contributed by atoms with E-state index >= 15 is 0 Å². The first-order valence-electron chi connectivity index (χ1n) is 6.50. The van der Waals surface area contributed by atoms with Crippen LogP contribution in [-0.2, 0) is 16.0 Å². The van der Waals surface area contributed by atoms with Gasteiger partial charge in [0.2, 0.25) is 0 Å². The van der Waals surface area contributed by atoms with E-state index in [1.54, 1.807) is 6.92 Å². The summed E-state index contributed by atoms with van der Waals surface area (Å²) in [7, 11) is 1.40.